The average Bonchev–Trinajstić information content (AvgIpc) is 4.18. The Morgan fingerprint density at radius 1 is 0.908 bits per heavy atom. The van der Waals surface area contributed by atoms with Crippen molar-refractivity contribution >= 4 is 68.9 Å². The average molecular weight is 1110 g/mol. The van der Waals surface area contributed by atoms with Crippen LogP contribution in [0.5, 0.6) is 5.75 Å². The predicted octanol–water partition coefficient (Wildman–Crippen LogP) is 8.20. The molecule has 1 saturated carbocycles. The third-order valence-electron chi connectivity index (χ3n) is 13.5. The summed E-state index contributed by atoms with van der Waals surface area (Å²) in [6.45, 7) is 10.2. The first-order chi connectivity index (χ1) is 36.6. The lowest BCUT2D eigenvalue weighted by Crippen LogP contribution is -2.57. The number of rotatable bonds is 27. The van der Waals surface area contributed by atoms with E-state index in [9.17, 15) is 28.7 Å². The number of aromatic nitrogens is 3. The van der Waals surface area contributed by atoms with Gasteiger partial charge in [0, 0.05) is 62.8 Å². The van der Waals surface area contributed by atoms with E-state index >= 15 is 0 Å². The molecule has 5 aromatic rings. The van der Waals surface area contributed by atoms with E-state index in [0.29, 0.717) is 90.3 Å². The zero-order chi connectivity index (χ0) is 54.1. The van der Waals surface area contributed by atoms with Gasteiger partial charge in [0.1, 0.15) is 17.9 Å². The summed E-state index contributed by atoms with van der Waals surface area (Å²) in [5, 5.41) is 25.3. The van der Waals surface area contributed by atoms with Gasteiger partial charge in [-0.3, -0.25) is 19.2 Å². The summed E-state index contributed by atoms with van der Waals surface area (Å²) in [6, 6.07) is 16.5. The standard InChI is InChI=1S/C55H70ClFN8O9S2/c1-36-48(76-35-61-36)38-16-14-37(15-17-38)33-60-50(68)43-31-40(66)34-65(43)51(69)49(54(2,3)4)64-46(67)13-5-6-24-71-26-28-73-29-27-72-25-22-58-52(70)55(32-39-9-7-12-45(62-39)63-53-59-23-30-75-53)20-18-41(19-21-55)74-44-11-8-10-42(56)47(44)57/h7-12,14-17,23,30,35,40-41,43,49,66H,5-6,13,18-22,24-29,31-34H2,1-4H3,(H,58,70)(H,60,68)(H,64,67)(H,59,62,63)/t40-,41?,43+,49-,55?/m1/s1. The van der Waals surface area contributed by atoms with Gasteiger partial charge < -0.3 is 50.2 Å². The number of likely N-dealkylation sites (tertiary alicyclic amines) is 1. The number of carbonyl (C=O) groups excluding carboxylic acids is 4. The fourth-order valence-corrected chi connectivity index (χ4v) is 10.9. The largest absolute Gasteiger partial charge is 0.487 e. The molecule has 76 heavy (non-hydrogen) atoms. The summed E-state index contributed by atoms with van der Waals surface area (Å²) in [7, 11) is 0. The first-order valence-electron chi connectivity index (χ1n) is 25.9. The summed E-state index contributed by atoms with van der Waals surface area (Å²) in [5.41, 5.74) is 4.04. The van der Waals surface area contributed by atoms with E-state index in [0.717, 1.165) is 32.5 Å². The number of pyridine rings is 1. The third kappa shape index (κ3) is 16.7. The van der Waals surface area contributed by atoms with Gasteiger partial charge in [0.2, 0.25) is 23.6 Å². The number of β-amino-alcohol motifs (C(OH)–C–C–N with tert-alkyl or cyclic N) is 1. The molecule has 1 aliphatic carbocycles. The van der Waals surface area contributed by atoms with Crippen LogP contribution in [0.15, 0.2) is 77.8 Å². The molecule has 17 nitrogen and oxygen atoms in total. The molecule has 3 atom stereocenters. The Morgan fingerprint density at radius 2 is 1.63 bits per heavy atom. The number of hydrogen-bond acceptors (Lipinski definition) is 15. The van der Waals surface area contributed by atoms with Crippen molar-refractivity contribution in [3.63, 3.8) is 0 Å². The monoisotopic (exact) mass is 1100 g/mol. The van der Waals surface area contributed by atoms with Crippen LogP contribution in [0, 0.1) is 23.6 Å². The number of aryl methyl sites for hydroxylation is 1. The highest BCUT2D eigenvalue weighted by Crippen LogP contribution is 2.41. The Morgan fingerprint density at radius 3 is 2.33 bits per heavy atom. The highest BCUT2D eigenvalue weighted by atomic mass is 35.5. The van der Waals surface area contributed by atoms with Crippen molar-refractivity contribution in [3.05, 3.63) is 106 Å². The van der Waals surface area contributed by atoms with E-state index in [1.807, 2.05) is 81.1 Å². The van der Waals surface area contributed by atoms with E-state index in [1.165, 1.54) is 22.3 Å². The van der Waals surface area contributed by atoms with Crippen molar-refractivity contribution in [2.45, 2.75) is 116 Å². The molecule has 1 saturated heterocycles. The fourth-order valence-electron chi connectivity index (χ4n) is 9.36. The number of unbranched alkanes of at least 4 members (excludes halogenated alkanes) is 1. The van der Waals surface area contributed by atoms with Gasteiger partial charge in [-0.25, -0.2) is 19.3 Å². The number of benzene rings is 2. The van der Waals surface area contributed by atoms with Crippen LogP contribution in [0.4, 0.5) is 15.3 Å². The van der Waals surface area contributed by atoms with Gasteiger partial charge >= 0.3 is 0 Å². The molecule has 410 valence electrons. The van der Waals surface area contributed by atoms with Crippen LogP contribution in [0.3, 0.4) is 0 Å². The molecule has 0 spiro atoms. The molecule has 2 fully saturated rings. The van der Waals surface area contributed by atoms with Crippen molar-refractivity contribution < 1.29 is 47.6 Å². The smallest absolute Gasteiger partial charge is 0.246 e. The van der Waals surface area contributed by atoms with Crippen molar-refractivity contribution in [2.24, 2.45) is 10.8 Å². The number of thiazole rings is 2. The minimum atomic E-state index is -0.908. The number of halogens is 2. The molecule has 21 heteroatoms. The Bertz CT molecular complexity index is 2670. The number of hydrogen-bond donors (Lipinski definition) is 5. The van der Waals surface area contributed by atoms with E-state index in [2.05, 4.69) is 31.2 Å². The van der Waals surface area contributed by atoms with Gasteiger partial charge in [-0.1, -0.05) is 68.8 Å². The highest BCUT2D eigenvalue weighted by molar-refractivity contribution is 7.13. The molecule has 4 amide bonds. The Balaban J connectivity index is 0.759. The number of ether oxygens (including phenoxy) is 4. The van der Waals surface area contributed by atoms with Gasteiger partial charge in [-0.15, -0.1) is 22.7 Å². The number of amides is 4. The Hall–Kier alpha value is -5.61. The van der Waals surface area contributed by atoms with E-state index in [1.54, 1.807) is 29.7 Å². The molecule has 0 unspecified atom stereocenters. The highest BCUT2D eigenvalue weighted by Gasteiger charge is 2.45. The molecule has 5 N–H and O–H groups in total. The van der Waals surface area contributed by atoms with E-state index in [4.69, 9.17) is 35.5 Å². The van der Waals surface area contributed by atoms with Crippen molar-refractivity contribution in [1.29, 1.82) is 0 Å². The zero-order valence-corrected chi connectivity index (χ0v) is 46.0. The van der Waals surface area contributed by atoms with Crippen molar-refractivity contribution in [2.75, 3.05) is 58.0 Å². The normalized spacial score (nSPS) is 19.0. The summed E-state index contributed by atoms with van der Waals surface area (Å²) < 4.78 is 37.9. The quantitative estimate of drug-likeness (QED) is 0.0314. The predicted molar refractivity (Wildman–Crippen MR) is 291 cm³/mol. The topological polar surface area (TPSA) is 215 Å². The molecule has 4 heterocycles. The van der Waals surface area contributed by atoms with Crippen LogP contribution in [0.1, 0.15) is 89.1 Å². The number of nitrogens with zero attached hydrogens (tertiary/aromatic N) is 4. The SMILES string of the molecule is Cc1ncsc1-c1ccc(CNC(=O)[C@@H]2C[C@@H](O)CN2C(=O)[C@@H](NC(=O)CCCCOCCOCCOCCNC(=O)C2(Cc3cccc(Nc4nccs4)n3)CCC(Oc3cccc(Cl)c3F)CC2)C(C)(C)C)cc1. The third-order valence-corrected chi connectivity index (χ3v) is 15.5. The van der Waals surface area contributed by atoms with Crippen molar-refractivity contribution in [1.82, 2.24) is 35.8 Å². The zero-order valence-electron chi connectivity index (χ0n) is 43.6. The maximum absolute atomic E-state index is 14.7. The van der Waals surface area contributed by atoms with Crippen LogP contribution >= 0.6 is 34.3 Å². The Kier molecular flexibility index (Phi) is 21.5. The van der Waals surface area contributed by atoms with Crippen LogP contribution in [0.25, 0.3) is 10.4 Å². The molecule has 2 aromatic carbocycles. The van der Waals surface area contributed by atoms with Crippen LogP contribution in [-0.2, 0) is 46.4 Å². The lowest BCUT2D eigenvalue weighted by Gasteiger charge is -2.39. The lowest BCUT2D eigenvalue weighted by atomic mass is 9.69. The van der Waals surface area contributed by atoms with E-state index < -0.39 is 40.7 Å². The molecule has 0 bridgehead atoms. The van der Waals surface area contributed by atoms with Gasteiger partial charge in [0.05, 0.1) is 71.8 Å². The van der Waals surface area contributed by atoms with Crippen LogP contribution in [-0.4, -0.2) is 126 Å². The first kappa shape index (κ1) is 58.1. The number of nitrogens with one attached hydrogen (secondary N) is 4. The summed E-state index contributed by atoms with van der Waals surface area (Å²) >= 11 is 9.03. The molecule has 0 radical (unpaired) electrons. The maximum atomic E-state index is 14.7. The molecule has 3 aromatic heterocycles. The van der Waals surface area contributed by atoms with Gasteiger partial charge in [0.15, 0.2) is 16.7 Å². The van der Waals surface area contributed by atoms with Gasteiger partial charge in [-0.05, 0) is 86.3 Å². The molecular weight excluding hydrogens is 1040 g/mol. The van der Waals surface area contributed by atoms with Gasteiger partial charge in [-0.2, -0.15) is 0 Å². The second-order valence-electron chi connectivity index (χ2n) is 20.3. The fraction of sp³-hybridized carbons (Fsp3) is 0.509. The Labute approximate surface area is 457 Å². The minimum absolute atomic E-state index is 0.00147. The summed E-state index contributed by atoms with van der Waals surface area (Å²) in [6.07, 6.45) is 4.52. The van der Waals surface area contributed by atoms with Crippen LogP contribution < -0.4 is 26.0 Å². The molecular formula is C55H70ClFN8O9S2. The van der Waals surface area contributed by atoms with Crippen LogP contribution in [0.2, 0.25) is 5.02 Å². The molecule has 7 rings (SSSR count). The second-order valence-corrected chi connectivity index (χ2v) is 22.5. The minimum Gasteiger partial charge on any atom is -0.487 e. The second kappa shape index (κ2) is 28.1. The van der Waals surface area contributed by atoms with Gasteiger partial charge in [0.25, 0.3) is 0 Å². The number of aliphatic hydroxyl groups is 1. The number of aliphatic hydroxyl groups excluding tert-OH is 1. The summed E-state index contributed by atoms with van der Waals surface area (Å²) in [4.78, 5) is 70.5. The maximum Gasteiger partial charge on any atom is 0.246 e. The first-order valence-corrected chi connectivity index (χ1v) is 28.0. The lowest BCUT2D eigenvalue weighted by molar-refractivity contribution is -0.144. The molecule has 2 aliphatic rings. The molecule has 1 aliphatic heterocycles. The number of anilines is 2. The van der Waals surface area contributed by atoms with E-state index in [-0.39, 0.29) is 67.1 Å². The summed E-state index contributed by atoms with van der Waals surface area (Å²) in [5.74, 6) is -1.01. The van der Waals surface area contributed by atoms with Crippen molar-refractivity contribution in [3.8, 4) is 16.2 Å². The number of carbonyl (C=O) groups is 4.